The maximum atomic E-state index is 12.3. The zero-order chi connectivity index (χ0) is 13.3. The van der Waals surface area contributed by atoms with E-state index in [0.717, 1.165) is 0 Å². The molecule has 0 spiro atoms. The van der Waals surface area contributed by atoms with Crippen molar-refractivity contribution in [1.82, 2.24) is 4.31 Å². The monoisotopic (exact) mass is 271 g/mol. The minimum absolute atomic E-state index is 0.0684. The molecule has 1 heterocycles. The van der Waals surface area contributed by atoms with Crippen LogP contribution in [0.5, 0.6) is 5.75 Å². The van der Waals surface area contributed by atoms with Gasteiger partial charge in [-0.2, -0.15) is 4.31 Å². The highest BCUT2D eigenvalue weighted by molar-refractivity contribution is 7.89. The van der Waals surface area contributed by atoms with Crippen molar-refractivity contribution in [2.75, 3.05) is 13.1 Å². The van der Waals surface area contributed by atoms with E-state index in [2.05, 4.69) is 0 Å². The van der Waals surface area contributed by atoms with Gasteiger partial charge in [0, 0.05) is 13.1 Å². The zero-order valence-corrected chi connectivity index (χ0v) is 11.0. The summed E-state index contributed by atoms with van der Waals surface area (Å²) in [5, 5.41) is 19.0. The second-order valence-corrected chi connectivity index (χ2v) is 6.63. The second-order valence-electron chi connectivity index (χ2n) is 4.69. The Morgan fingerprint density at radius 3 is 2.72 bits per heavy atom. The van der Waals surface area contributed by atoms with Gasteiger partial charge in [0.15, 0.2) is 0 Å². The summed E-state index contributed by atoms with van der Waals surface area (Å²) >= 11 is 0. The van der Waals surface area contributed by atoms with Gasteiger partial charge in [-0.1, -0.05) is 13.0 Å². The molecule has 1 saturated heterocycles. The molecule has 0 aromatic heterocycles. The molecule has 1 fully saturated rings. The maximum absolute atomic E-state index is 12.3. The molecule has 1 aliphatic rings. The van der Waals surface area contributed by atoms with Crippen molar-refractivity contribution in [1.29, 1.82) is 0 Å². The summed E-state index contributed by atoms with van der Waals surface area (Å²) in [6.45, 7) is 2.44. The van der Waals surface area contributed by atoms with E-state index in [1.165, 1.54) is 28.6 Å². The molecule has 0 amide bonds. The van der Waals surface area contributed by atoms with Gasteiger partial charge in [0.25, 0.3) is 0 Å². The van der Waals surface area contributed by atoms with Crippen LogP contribution in [0.3, 0.4) is 0 Å². The highest BCUT2D eigenvalue weighted by Gasteiger charge is 2.32. The maximum Gasteiger partial charge on any atom is 0.243 e. The largest absolute Gasteiger partial charge is 0.508 e. The van der Waals surface area contributed by atoms with Gasteiger partial charge >= 0.3 is 0 Å². The molecule has 5 nitrogen and oxygen atoms in total. The number of piperidine rings is 1. The van der Waals surface area contributed by atoms with Crippen LogP contribution in [-0.4, -0.2) is 42.1 Å². The van der Waals surface area contributed by atoms with Gasteiger partial charge in [-0.3, -0.25) is 0 Å². The first kappa shape index (κ1) is 13.3. The number of aliphatic hydroxyl groups excluding tert-OH is 1. The molecule has 0 aliphatic carbocycles. The van der Waals surface area contributed by atoms with Crippen LogP contribution in [0, 0.1) is 5.92 Å². The second kappa shape index (κ2) is 4.87. The number of aliphatic hydroxyl groups is 1. The Labute approximate surface area is 107 Å². The summed E-state index contributed by atoms with van der Waals surface area (Å²) in [5.74, 6) is -0.146. The molecule has 2 rings (SSSR count). The number of rotatable bonds is 2. The van der Waals surface area contributed by atoms with E-state index in [-0.39, 0.29) is 16.6 Å². The molecule has 1 aliphatic heterocycles. The van der Waals surface area contributed by atoms with Crippen molar-refractivity contribution >= 4 is 10.0 Å². The fourth-order valence-electron chi connectivity index (χ4n) is 2.11. The topological polar surface area (TPSA) is 77.8 Å². The smallest absolute Gasteiger partial charge is 0.243 e. The fourth-order valence-corrected chi connectivity index (χ4v) is 3.70. The number of phenolic OH excluding ortho intramolecular Hbond substituents is 1. The third-order valence-electron chi connectivity index (χ3n) is 3.28. The molecule has 1 aromatic carbocycles. The number of hydrogen-bond acceptors (Lipinski definition) is 4. The molecule has 2 unspecified atom stereocenters. The minimum Gasteiger partial charge on any atom is -0.508 e. The Morgan fingerprint density at radius 1 is 1.39 bits per heavy atom. The Kier molecular flexibility index (Phi) is 3.61. The SMILES string of the molecule is CC1CN(S(=O)(=O)c2cccc(O)c2)CCC1O. The Bertz CT molecular complexity index is 529. The summed E-state index contributed by atoms with van der Waals surface area (Å²) < 4.78 is 26.0. The normalized spacial score (nSPS) is 26.1. The standard InChI is InChI=1S/C12H17NO4S/c1-9-8-13(6-5-12(9)15)18(16,17)11-4-2-3-10(14)7-11/h2-4,7,9,12,14-15H,5-6,8H2,1H3. The van der Waals surface area contributed by atoms with Gasteiger partial charge in [0.1, 0.15) is 5.75 Å². The van der Waals surface area contributed by atoms with E-state index in [1.54, 1.807) is 0 Å². The van der Waals surface area contributed by atoms with Crippen LogP contribution < -0.4 is 0 Å². The Morgan fingerprint density at radius 2 is 2.11 bits per heavy atom. The molecule has 2 N–H and O–H groups in total. The van der Waals surface area contributed by atoms with Crippen LogP contribution in [0.4, 0.5) is 0 Å². The molecule has 0 bridgehead atoms. The number of benzene rings is 1. The lowest BCUT2D eigenvalue weighted by atomic mass is 9.99. The van der Waals surface area contributed by atoms with Crippen LogP contribution in [0.15, 0.2) is 29.2 Å². The van der Waals surface area contributed by atoms with Crippen LogP contribution in [0.25, 0.3) is 0 Å². The van der Waals surface area contributed by atoms with Crippen molar-refractivity contribution in [2.24, 2.45) is 5.92 Å². The van der Waals surface area contributed by atoms with Gasteiger partial charge in [-0.15, -0.1) is 0 Å². The number of aromatic hydroxyl groups is 1. The Balaban J connectivity index is 2.27. The lowest BCUT2D eigenvalue weighted by molar-refractivity contribution is 0.0628. The van der Waals surface area contributed by atoms with E-state index in [9.17, 15) is 18.6 Å². The van der Waals surface area contributed by atoms with Gasteiger partial charge in [0.05, 0.1) is 11.0 Å². The summed E-state index contributed by atoms with van der Waals surface area (Å²) in [6.07, 6.45) is -0.000202. The summed E-state index contributed by atoms with van der Waals surface area (Å²) in [4.78, 5) is 0.0890. The lowest BCUT2D eigenvalue weighted by Gasteiger charge is -2.33. The van der Waals surface area contributed by atoms with Crippen molar-refractivity contribution in [2.45, 2.75) is 24.3 Å². The molecular weight excluding hydrogens is 254 g/mol. The van der Waals surface area contributed by atoms with Crippen molar-refractivity contribution in [3.05, 3.63) is 24.3 Å². The van der Waals surface area contributed by atoms with E-state index < -0.39 is 16.1 Å². The van der Waals surface area contributed by atoms with E-state index in [1.807, 2.05) is 6.92 Å². The summed E-state index contributed by atoms with van der Waals surface area (Å²) in [5.41, 5.74) is 0. The molecule has 100 valence electrons. The third kappa shape index (κ3) is 2.50. The number of nitrogens with zero attached hydrogens (tertiary/aromatic N) is 1. The average molecular weight is 271 g/mol. The molecule has 0 radical (unpaired) electrons. The van der Waals surface area contributed by atoms with Gasteiger partial charge in [0.2, 0.25) is 10.0 Å². The predicted molar refractivity (Wildman–Crippen MR) is 66.7 cm³/mol. The van der Waals surface area contributed by atoms with Crippen LogP contribution in [0.1, 0.15) is 13.3 Å². The van der Waals surface area contributed by atoms with Crippen molar-refractivity contribution in [3.8, 4) is 5.75 Å². The summed E-state index contributed by atoms with van der Waals surface area (Å²) in [6, 6.07) is 5.64. The zero-order valence-electron chi connectivity index (χ0n) is 10.2. The van der Waals surface area contributed by atoms with E-state index in [0.29, 0.717) is 19.5 Å². The molecule has 2 atom stereocenters. The molecule has 18 heavy (non-hydrogen) atoms. The quantitative estimate of drug-likeness (QED) is 0.833. The fraction of sp³-hybridized carbons (Fsp3) is 0.500. The van der Waals surface area contributed by atoms with Gasteiger partial charge in [-0.25, -0.2) is 8.42 Å². The van der Waals surface area contributed by atoms with Crippen LogP contribution in [-0.2, 0) is 10.0 Å². The highest BCUT2D eigenvalue weighted by Crippen LogP contribution is 2.25. The van der Waals surface area contributed by atoms with Crippen LogP contribution >= 0.6 is 0 Å². The molecule has 6 heteroatoms. The predicted octanol–water partition coefficient (Wildman–Crippen LogP) is 0.784. The van der Waals surface area contributed by atoms with Crippen molar-refractivity contribution < 1.29 is 18.6 Å². The number of hydrogen-bond donors (Lipinski definition) is 2. The average Bonchev–Trinajstić information content (AvgIpc) is 2.32. The lowest BCUT2D eigenvalue weighted by Crippen LogP contribution is -2.44. The minimum atomic E-state index is -3.58. The Hall–Kier alpha value is -1.11. The number of phenols is 1. The first-order valence-electron chi connectivity index (χ1n) is 5.88. The van der Waals surface area contributed by atoms with E-state index in [4.69, 9.17) is 0 Å². The third-order valence-corrected chi connectivity index (χ3v) is 5.14. The highest BCUT2D eigenvalue weighted by atomic mass is 32.2. The van der Waals surface area contributed by atoms with E-state index >= 15 is 0 Å². The van der Waals surface area contributed by atoms with Crippen LogP contribution in [0.2, 0.25) is 0 Å². The number of sulfonamides is 1. The first-order valence-corrected chi connectivity index (χ1v) is 7.32. The van der Waals surface area contributed by atoms with Gasteiger partial charge < -0.3 is 10.2 Å². The molecule has 0 saturated carbocycles. The first-order chi connectivity index (χ1) is 8.41. The van der Waals surface area contributed by atoms with Crippen molar-refractivity contribution in [3.63, 3.8) is 0 Å². The summed E-state index contributed by atoms with van der Waals surface area (Å²) in [7, 11) is -3.58. The van der Waals surface area contributed by atoms with Gasteiger partial charge in [-0.05, 0) is 30.5 Å². The molecular formula is C12H17NO4S. The molecule has 1 aromatic rings.